The van der Waals surface area contributed by atoms with E-state index in [1.807, 2.05) is 0 Å². The summed E-state index contributed by atoms with van der Waals surface area (Å²) in [6.45, 7) is 0. The SMILES string of the molecule is O=C1C[C@H](O)[C@@H]([C@@H](O)[C@H](O)[C@H](O)c2ccccc2)O1. The predicted molar refractivity (Wildman–Crippen MR) is 63.9 cm³/mol. The van der Waals surface area contributed by atoms with E-state index in [4.69, 9.17) is 4.74 Å². The lowest BCUT2D eigenvalue weighted by Crippen LogP contribution is -2.45. The second-order valence-electron chi connectivity index (χ2n) is 4.56. The molecular formula is C13H16O6. The Morgan fingerprint density at radius 1 is 1.16 bits per heavy atom. The van der Waals surface area contributed by atoms with Crippen LogP contribution >= 0.6 is 0 Å². The zero-order valence-electron chi connectivity index (χ0n) is 10.1. The number of aliphatic hydroxyl groups excluding tert-OH is 4. The summed E-state index contributed by atoms with van der Waals surface area (Å²) in [5.41, 5.74) is 0.424. The Hall–Kier alpha value is -1.47. The van der Waals surface area contributed by atoms with Crippen LogP contribution in [-0.4, -0.2) is 50.8 Å². The summed E-state index contributed by atoms with van der Waals surface area (Å²) in [6, 6.07) is 8.31. The van der Waals surface area contributed by atoms with Crippen LogP contribution in [0.4, 0.5) is 0 Å². The molecule has 0 bridgehead atoms. The number of carbonyl (C=O) groups excluding carboxylic acids is 1. The summed E-state index contributed by atoms with van der Waals surface area (Å²) in [5.74, 6) is -0.641. The molecule has 6 heteroatoms. The van der Waals surface area contributed by atoms with E-state index in [9.17, 15) is 25.2 Å². The van der Waals surface area contributed by atoms with Gasteiger partial charge in [-0.3, -0.25) is 4.79 Å². The van der Waals surface area contributed by atoms with Gasteiger partial charge in [-0.15, -0.1) is 0 Å². The molecule has 4 N–H and O–H groups in total. The minimum absolute atomic E-state index is 0.226. The van der Waals surface area contributed by atoms with Gasteiger partial charge in [-0.2, -0.15) is 0 Å². The van der Waals surface area contributed by atoms with E-state index in [0.29, 0.717) is 5.56 Å². The Morgan fingerprint density at radius 2 is 1.79 bits per heavy atom. The monoisotopic (exact) mass is 268 g/mol. The normalized spacial score (nSPS) is 27.7. The van der Waals surface area contributed by atoms with Crippen molar-refractivity contribution < 1.29 is 30.0 Å². The van der Waals surface area contributed by atoms with Crippen LogP contribution in [0.2, 0.25) is 0 Å². The Bertz CT molecular complexity index is 434. The second-order valence-corrected chi connectivity index (χ2v) is 4.56. The molecule has 1 fully saturated rings. The molecule has 6 nitrogen and oxygen atoms in total. The summed E-state index contributed by atoms with van der Waals surface area (Å²) < 4.78 is 4.73. The van der Waals surface area contributed by atoms with E-state index >= 15 is 0 Å². The van der Waals surface area contributed by atoms with Crippen molar-refractivity contribution in [2.24, 2.45) is 0 Å². The first kappa shape index (κ1) is 14.0. The molecule has 0 amide bonds. The molecule has 0 radical (unpaired) electrons. The maximum Gasteiger partial charge on any atom is 0.309 e. The molecule has 0 aromatic heterocycles. The topological polar surface area (TPSA) is 107 Å². The van der Waals surface area contributed by atoms with Gasteiger partial charge >= 0.3 is 5.97 Å². The van der Waals surface area contributed by atoms with Crippen LogP contribution in [0.1, 0.15) is 18.1 Å². The van der Waals surface area contributed by atoms with Gasteiger partial charge in [0.05, 0.1) is 6.42 Å². The minimum atomic E-state index is -1.56. The zero-order chi connectivity index (χ0) is 14.0. The highest BCUT2D eigenvalue weighted by atomic mass is 16.6. The highest BCUT2D eigenvalue weighted by Crippen LogP contribution is 2.25. The fourth-order valence-corrected chi connectivity index (χ4v) is 2.09. The summed E-state index contributed by atoms with van der Waals surface area (Å²) in [5, 5.41) is 39.3. The quantitative estimate of drug-likeness (QED) is 0.528. The Morgan fingerprint density at radius 3 is 2.32 bits per heavy atom. The third-order valence-electron chi connectivity index (χ3n) is 3.17. The smallest absolute Gasteiger partial charge is 0.309 e. The second kappa shape index (κ2) is 5.66. The molecular weight excluding hydrogens is 252 g/mol. The summed E-state index contributed by atoms with van der Waals surface area (Å²) in [7, 11) is 0. The number of hydrogen-bond acceptors (Lipinski definition) is 6. The van der Waals surface area contributed by atoms with Gasteiger partial charge in [0.25, 0.3) is 0 Å². The van der Waals surface area contributed by atoms with Crippen molar-refractivity contribution in [2.45, 2.75) is 36.9 Å². The fraction of sp³-hybridized carbons (Fsp3) is 0.462. The lowest BCUT2D eigenvalue weighted by atomic mass is 9.95. The summed E-state index contributed by atoms with van der Waals surface area (Å²) >= 11 is 0. The number of rotatable bonds is 4. The number of esters is 1. The fourth-order valence-electron chi connectivity index (χ4n) is 2.09. The molecule has 1 aromatic rings. The molecule has 0 spiro atoms. The number of carbonyl (C=O) groups is 1. The molecule has 1 heterocycles. The maximum atomic E-state index is 11.0. The van der Waals surface area contributed by atoms with Crippen molar-refractivity contribution in [3.8, 4) is 0 Å². The van der Waals surface area contributed by atoms with Crippen molar-refractivity contribution in [3.63, 3.8) is 0 Å². The van der Waals surface area contributed by atoms with Crippen molar-refractivity contribution in [1.82, 2.24) is 0 Å². The number of ether oxygens (including phenoxy) is 1. The molecule has 5 atom stereocenters. The first-order valence-corrected chi connectivity index (χ1v) is 5.97. The van der Waals surface area contributed by atoms with Crippen molar-refractivity contribution in [3.05, 3.63) is 35.9 Å². The van der Waals surface area contributed by atoms with Crippen LogP contribution in [0.3, 0.4) is 0 Å². The van der Waals surface area contributed by atoms with Crippen molar-refractivity contribution in [1.29, 1.82) is 0 Å². The highest BCUT2D eigenvalue weighted by Gasteiger charge is 2.43. The van der Waals surface area contributed by atoms with Crippen LogP contribution in [-0.2, 0) is 9.53 Å². The largest absolute Gasteiger partial charge is 0.457 e. The molecule has 1 aliphatic rings. The van der Waals surface area contributed by atoms with Gasteiger partial charge in [-0.05, 0) is 5.56 Å². The molecule has 104 valence electrons. The average molecular weight is 268 g/mol. The van der Waals surface area contributed by atoms with Gasteiger partial charge in [-0.1, -0.05) is 30.3 Å². The van der Waals surface area contributed by atoms with Crippen LogP contribution in [0.5, 0.6) is 0 Å². The average Bonchev–Trinajstić information content (AvgIpc) is 2.76. The van der Waals surface area contributed by atoms with E-state index in [1.165, 1.54) is 0 Å². The Labute approximate surface area is 109 Å². The van der Waals surface area contributed by atoms with Crippen LogP contribution in [0, 0.1) is 0 Å². The van der Waals surface area contributed by atoms with Crippen LogP contribution in [0.15, 0.2) is 30.3 Å². The Kier molecular flexibility index (Phi) is 4.16. The van der Waals surface area contributed by atoms with Gasteiger partial charge in [0, 0.05) is 0 Å². The maximum absolute atomic E-state index is 11.0. The number of benzene rings is 1. The highest BCUT2D eigenvalue weighted by molar-refractivity contribution is 5.72. The van der Waals surface area contributed by atoms with E-state index < -0.39 is 36.5 Å². The van der Waals surface area contributed by atoms with Gasteiger partial charge in [0.2, 0.25) is 0 Å². The molecule has 1 aliphatic heterocycles. The van der Waals surface area contributed by atoms with Crippen LogP contribution < -0.4 is 0 Å². The van der Waals surface area contributed by atoms with Gasteiger partial charge in [0.1, 0.15) is 24.4 Å². The van der Waals surface area contributed by atoms with Gasteiger partial charge in [0.15, 0.2) is 6.10 Å². The predicted octanol–water partition coefficient (Wildman–Crippen LogP) is -0.882. The van der Waals surface area contributed by atoms with E-state index in [0.717, 1.165) is 0 Å². The first-order chi connectivity index (χ1) is 9.00. The van der Waals surface area contributed by atoms with Gasteiger partial charge < -0.3 is 25.2 Å². The molecule has 0 unspecified atom stereocenters. The third kappa shape index (κ3) is 2.93. The lowest BCUT2D eigenvalue weighted by Gasteiger charge is -2.27. The molecule has 19 heavy (non-hydrogen) atoms. The number of aliphatic hydroxyl groups is 4. The summed E-state index contributed by atoms with van der Waals surface area (Å²) in [6.07, 6.45) is -7.08. The van der Waals surface area contributed by atoms with E-state index in [1.54, 1.807) is 30.3 Å². The molecule has 1 saturated heterocycles. The molecule has 1 aromatic carbocycles. The minimum Gasteiger partial charge on any atom is -0.457 e. The summed E-state index contributed by atoms with van der Waals surface area (Å²) in [4.78, 5) is 11.0. The Balaban J connectivity index is 2.07. The molecule has 2 rings (SSSR count). The van der Waals surface area contributed by atoms with E-state index in [-0.39, 0.29) is 6.42 Å². The first-order valence-electron chi connectivity index (χ1n) is 5.97. The standard InChI is InChI=1S/C13H16O6/c14-8-6-9(15)19-13(8)12(18)11(17)10(16)7-4-2-1-3-5-7/h1-5,8,10-14,16-18H,6H2/t8-,10+,11+,12-,13-/m0/s1. The molecule has 0 saturated carbocycles. The number of cyclic esters (lactones) is 1. The lowest BCUT2D eigenvalue weighted by molar-refractivity contribution is -0.157. The van der Waals surface area contributed by atoms with Crippen molar-refractivity contribution >= 4 is 5.97 Å². The van der Waals surface area contributed by atoms with Gasteiger partial charge in [-0.25, -0.2) is 0 Å². The van der Waals surface area contributed by atoms with E-state index in [2.05, 4.69) is 0 Å². The third-order valence-corrected chi connectivity index (χ3v) is 3.17. The van der Waals surface area contributed by atoms with Crippen LogP contribution in [0.25, 0.3) is 0 Å². The number of hydrogen-bond donors (Lipinski definition) is 4. The molecule has 0 aliphatic carbocycles. The van der Waals surface area contributed by atoms with Crippen molar-refractivity contribution in [2.75, 3.05) is 0 Å². The zero-order valence-corrected chi connectivity index (χ0v) is 10.1.